The van der Waals surface area contributed by atoms with Gasteiger partial charge in [-0.2, -0.15) is 0 Å². The highest BCUT2D eigenvalue weighted by Gasteiger charge is 2.21. The van der Waals surface area contributed by atoms with Gasteiger partial charge in [0.15, 0.2) is 6.10 Å². The number of aromatic amines is 1. The first-order valence-corrected chi connectivity index (χ1v) is 9.49. The third kappa shape index (κ3) is 4.43. The van der Waals surface area contributed by atoms with Gasteiger partial charge >= 0.3 is 5.97 Å². The van der Waals surface area contributed by atoms with Crippen molar-refractivity contribution in [2.45, 2.75) is 33.0 Å². The van der Waals surface area contributed by atoms with E-state index in [4.69, 9.17) is 31.8 Å². The van der Waals surface area contributed by atoms with Crippen molar-refractivity contribution in [3.8, 4) is 17.0 Å². The number of ether oxygens (including phenoxy) is 2. The van der Waals surface area contributed by atoms with E-state index in [-0.39, 0.29) is 17.8 Å². The Bertz CT molecular complexity index is 1130. The quantitative estimate of drug-likeness (QED) is 0.231. The molecule has 2 aromatic carbocycles. The number of nitrogens with one attached hydrogen (secondary N) is 3. The molecular weight excluding hydrogens is 382 g/mol. The van der Waals surface area contributed by atoms with Gasteiger partial charge in [0.25, 0.3) is 0 Å². The van der Waals surface area contributed by atoms with Gasteiger partial charge in [-0.05, 0) is 45.0 Å². The van der Waals surface area contributed by atoms with E-state index in [0.717, 1.165) is 16.6 Å². The maximum Gasteiger partial charge on any atom is 0.347 e. The van der Waals surface area contributed by atoms with Crippen LogP contribution in [0.15, 0.2) is 42.5 Å². The number of nitrogens with two attached hydrogens (primary N) is 2. The average molecular weight is 407 g/mol. The number of nitrogen functional groups attached to an aromatic ring is 2. The van der Waals surface area contributed by atoms with Crippen LogP contribution in [0.3, 0.4) is 0 Å². The topological polar surface area (TPSA) is 151 Å². The molecule has 0 aliphatic rings. The molecular formula is C22H25N5O3. The number of esters is 1. The van der Waals surface area contributed by atoms with Crippen LogP contribution in [0.2, 0.25) is 0 Å². The third-order valence-electron chi connectivity index (χ3n) is 4.50. The van der Waals surface area contributed by atoms with Gasteiger partial charge in [-0.25, -0.2) is 4.79 Å². The van der Waals surface area contributed by atoms with Crippen molar-refractivity contribution < 1.29 is 14.3 Å². The summed E-state index contributed by atoms with van der Waals surface area (Å²) in [4.78, 5) is 15.5. The van der Waals surface area contributed by atoms with Crippen molar-refractivity contribution in [2.75, 3.05) is 0 Å². The SMILES string of the molecule is CC(C)OC(=O)C(C)Oc1cc(C(=N)N)ccc1-c1cc2ccc(C(=N)N)cc2[nH]1. The first kappa shape index (κ1) is 20.9. The molecule has 1 atom stereocenters. The van der Waals surface area contributed by atoms with Crippen molar-refractivity contribution in [3.05, 3.63) is 53.6 Å². The summed E-state index contributed by atoms with van der Waals surface area (Å²) in [6.45, 7) is 5.15. The number of H-pyrrole nitrogens is 1. The van der Waals surface area contributed by atoms with E-state index in [1.807, 2.05) is 12.1 Å². The zero-order valence-electron chi connectivity index (χ0n) is 17.1. The fraction of sp³-hybridized carbons (Fsp3) is 0.227. The Kier molecular flexibility index (Phi) is 5.77. The molecule has 8 heteroatoms. The van der Waals surface area contributed by atoms with Crippen LogP contribution in [0.25, 0.3) is 22.2 Å². The minimum atomic E-state index is -0.845. The van der Waals surface area contributed by atoms with E-state index < -0.39 is 12.1 Å². The summed E-state index contributed by atoms with van der Waals surface area (Å²) >= 11 is 0. The van der Waals surface area contributed by atoms with Gasteiger partial charge in [-0.15, -0.1) is 0 Å². The molecule has 0 radical (unpaired) electrons. The smallest absolute Gasteiger partial charge is 0.347 e. The highest BCUT2D eigenvalue weighted by Crippen LogP contribution is 2.33. The van der Waals surface area contributed by atoms with Gasteiger partial charge in [0, 0.05) is 27.6 Å². The van der Waals surface area contributed by atoms with Crippen molar-refractivity contribution >= 4 is 28.5 Å². The maximum absolute atomic E-state index is 12.2. The average Bonchev–Trinajstić information content (AvgIpc) is 3.10. The van der Waals surface area contributed by atoms with Gasteiger partial charge in [-0.1, -0.05) is 18.2 Å². The van der Waals surface area contributed by atoms with Crippen molar-refractivity contribution in [1.29, 1.82) is 10.8 Å². The molecule has 0 amide bonds. The van der Waals surface area contributed by atoms with Crippen LogP contribution in [-0.2, 0) is 9.53 Å². The van der Waals surface area contributed by atoms with E-state index in [1.165, 1.54) is 0 Å². The van der Waals surface area contributed by atoms with Crippen LogP contribution in [0.1, 0.15) is 31.9 Å². The lowest BCUT2D eigenvalue weighted by Gasteiger charge is -2.18. The van der Waals surface area contributed by atoms with Gasteiger partial charge in [0.05, 0.1) is 11.8 Å². The maximum atomic E-state index is 12.2. The van der Waals surface area contributed by atoms with E-state index in [2.05, 4.69) is 4.98 Å². The zero-order valence-corrected chi connectivity index (χ0v) is 17.1. The molecule has 1 heterocycles. The fourth-order valence-electron chi connectivity index (χ4n) is 3.02. The molecule has 156 valence electrons. The second-order valence-corrected chi connectivity index (χ2v) is 7.27. The van der Waals surface area contributed by atoms with Crippen molar-refractivity contribution in [3.63, 3.8) is 0 Å². The number of carbonyl (C=O) groups is 1. The second-order valence-electron chi connectivity index (χ2n) is 7.27. The lowest BCUT2D eigenvalue weighted by molar-refractivity contribution is -0.154. The van der Waals surface area contributed by atoms with Gasteiger partial charge in [-0.3, -0.25) is 10.8 Å². The molecule has 0 saturated carbocycles. The zero-order chi connectivity index (χ0) is 22.0. The van der Waals surface area contributed by atoms with Crippen molar-refractivity contribution in [1.82, 2.24) is 4.98 Å². The summed E-state index contributed by atoms with van der Waals surface area (Å²) in [6, 6.07) is 12.5. The van der Waals surface area contributed by atoms with Gasteiger partial charge in [0.2, 0.25) is 0 Å². The van der Waals surface area contributed by atoms with Gasteiger partial charge < -0.3 is 25.9 Å². The largest absolute Gasteiger partial charge is 0.478 e. The molecule has 0 aliphatic carbocycles. The lowest BCUT2D eigenvalue weighted by atomic mass is 10.1. The van der Waals surface area contributed by atoms with E-state index in [1.54, 1.807) is 51.1 Å². The Morgan fingerprint density at radius 2 is 1.60 bits per heavy atom. The molecule has 0 spiro atoms. The molecule has 7 N–H and O–H groups in total. The van der Waals surface area contributed by atoms with Crippen LogP contribution < -0.4 is 16.2 Å². The Hall–Kier alpha value is -3.81. The highest BCUT2D eigenvalue weighted by atomic mass is 16.6. The van der Waals surface area contributed by atoms with Gasteiger partial charge in [0.1, 0.15) is 17.4 Å². The minimum Gasteiger partial charge on any atom is -0.478 e. The number of hydrogen-bond donors (Lipinski definition) is 5. The predicted molar refractivity (Wildman–Crippen MR) is 117 cm³/mol. The molecule has 3 aromatic rings. The van der Waals surface area contributed by atoms with Crippen LogP contribution >= 0.6 is 0 Å². The predicted octanol–water partition coefficient (Wildman–Crippen LogP) is 3.12. The first-order chi connectivity index (χ1) is 14.2. The van der Waals surface area contributed by atoms with Crippen LogP contribution in [-0.4, -0.2) is 34.8 Å². The summed E-state index contributed by atoms with van der Waals surface area (Å²) in [7, 11) is 0. The molecule has 0 saturated heterocycles. The molecule has 1 unspecified atom stereocenters. The summed E-state index contributed by atoms with van der Waals surface area (Å²) in [5, 5.41) is 16.3. The standard InChI is InChI=1S/C22H25N5O3/c1-11(2)29-22(28)12(3)30-19-10-15(21(25)26)6-7-16(19)18-8-13-4-5-14(20(23)24)9-17(13)27-18/h4-12,27H,1-3H3,(H3,23,24)(H3,25,26). The van der Waals surface area contributed by atoms with Crippen LogP contribution in [0, 0.1) is 10.8 Å². The number of hydrogen-bond acceptors (Lipinski definition) is 5. The first-order valence-electron chi connectivity index (χ1n) is 9.49. The Morgan fingerprint density at radius 3 is 2.23 bits per heavy atom. The van der Waals surface area contributed by atoms with E-state index in [9.17, 15) is 4.79 Å². The minimum absolute atomic E-state index is 0.0135. The number of rotatable bonds is 7. The molecule has 30 heavy (non-hydrogen) atoms. The normalized spacial score (nSPS) is 12.0. The monoisotopic (exact) mass is 407 g/mol. The Labute approximate surface area is 174 Å². The highest BCUT2D eigenvalue weighted by molar-refractivity contribution is 6.00. The molecule has 0 fully saturated rings. The number of carbonyl (C=O) groups excluding carboxylic acids is 1. The number of fused-ring (bicyclic) bond motifs is 1. The second kappa shape index (κ2) is 8.28. The number of amidine groups is 2. The molecule has 0 bridgehead atoms. The molecule has 3 rings (SSSR count). The number of benzene rings is 2. The third-order valence-corrected chi connectivity index (χ3v) is 4.50. The molecule has 1 aromatic heterocycles. The molecule has 8 nitrogen and oxygen atoms in total. The van der Waals surface area contributed by atoms with E-state index in [0.29, 0.717) is 22.4 Å². The summed E-state index contributed by atoms with van der Waals surface area (Å²) < 4.78 is 11.1. The summed E-state index contributed by atoms with van der Waals surface area (Å²) in [5.41, 5.74) is 14.6. The van der Waals surface area contributed by atoms with Crippen molar-refractivity contribution in [2.24, 2.45) is 11.5 Å². The summed E-state index contributed by atoms with van der Waals surface area (Å²) in [5.74, 6) is -0.201. The van der Waals surface area contributed by atoms with Crippen LogP contribution in [0.4, 0.5) is 0 Å². The fourth-order valence-corrected chi connectivity index (χ4v) is 3.02. The Balaban J connectivity index is 2.03. The summed E-state index contributed by atoms with van der Waals surface area (Å²) in [6.07, 6.45) is -1.10. The Morgan fingerprint density at radius 1 is 0.967 bits per heavy atom. The molecule has 0 aliphatic heterocycles. The van der Waals surface area contributed by atoms with E-state index >= 15 is 0 Å². The van der Waals surface area contributed by atoms with Crippen LogP contribution in [0.5, 0.6) is 5.75 Å². The lowest BCUT2D eigenvalue weighted by Crippen LogP contribution is -2.28. The number of aromatic nitrogens is 1.